The predicted molar refractivity (Wildman–Crippen MR) is 95.9 cm³/mol. The molecule has 0 bridgehead atoms. The summed E-state index contributed by atoms with van der Waals surface area (Å²) in [6, 6.07) is 8.16. The molecule has 0 unspecified atom stereocenters. The fourth-order valence-corrected chi connectivity index (χ4v) is 3.64. The van der Waals surface area contributed by atoms with Gasteiger partial charge in [0, 0.05) is 16.2 Å². The van der Waals surface area contributed by atoms with Crippen LogP contribution < -0.4 is 9.62 Å². The van der Waals surface area contributed by atoms with Crippen molar-refractivity contribution in [3.63, 3.8) is 0 Å². The van der Waals surface area contributed by atoms with E-state index >= 15 is 0 Å². The van der Waals surface area contributed by atoms with Crippen LogP contribution in [0.15, 0.2) is 46.9 Å². The first-order valence-corrected chi connectivity index (χ1v) is 9.74. The number of benzene rings is 2. The third-order valence-electron chi connectivity index (χ3n) is 3.36. The summed E-state index contributed by atoms with van der Waals surface area (Å²) in [7, 11) is -3.91. The van der Waals surface area contributed by atoms with Gasteiger partial charge >= 0.3 is 0 Å². The maximum atomic E-state index is 13.5. The maximum absolute atomic E-state index is 13.5. The molecule has 0 saturated heterocycles. The summed E-state index contributed by atoms with van der Waals surface area (Å²) in [5.41, 5.74) is 0.332. The lowest BCUT2D eigenvalue weighted by atomic mass is 10.2. The highest BCUT2D eigenvalue weighted by molar-refractivity contribution is 9.10. The summed E-state index contributed by atoms with van der Waals surface area (Å²) in [6.45, 7) is 1.36. The van der Waals surface area contributed by atoms with Crippen molar-refractivity contribution in [2.45, 2.75) is 13.0 Å². The molecule has 0 saturated carbocycles. The van der Waals surface area contributed by atoms with Gasteiger partial charge in [0.05, 0.1) is 11.9 Å². The number of rotatable bonds is 5. The molecule has 0 fully saturated rings. The van der Waals surface area contributed by atoms with Crippen molar-refractivity contribution in [2.24, 2.45) is 0 Å². The van der Waals surface area contributed by atoms with Crippen molar-refractivity contribution in [1.82, 2.24) is 0 Å². The van der Waals surface area contributed by atoms with Crippen LogP contribution in [0.1, 0.15) is 6.92 Å². The summed E-state index contributed by atoms with van der Waals surface area (Å²) in [6.07, 6.45) is 0.887. The van der Waals surface area contributed by atoms with Gasteiger partial charge in [0.1, 0.15) is 6.04 Å². The molecule has 0 heterocycles. The van der Waals surface area contributed by atoms with Crippen molar-refractivity contribution >= 4 is 43.2 Å². The maximum Gasteiger partial charge on any atom is 0.247 e. The highest BCUT2D eigenvalue weighted by atomic mass is 79.9. The van der Waals surface area contributed by atoms with E-state index in [-0.39, 0.29) is 5.69 Å². The standard InChI is InChI=1S/C16H15BrF2N2O3S/c1-10(16(22)20-12-5-3-11(17)4-6-12)21(25(2,23)24)13-7-8-14(18)15(19)9-13/h3-10H,1-2H3,(H,20,22)/t10-/m1/s1. The summed E-state index contributed by atoms with van der Waals surface area (Å²) < 4.78 is 52.3. The van der Waals surface area contributed by atoms with Gasteiger partial charge in [-0.1, -0.05) is 15.9 Å². The summed E-state index contributed by atoms with van der Waals surface area (Å²) in [5.74, 6) is -2.92. The average Bonchev–Trinajstić information content (AvgIpc) is 2.51. The van der Waals surface area contributed by atoms with E-state index in [0.717, 1.165) is 33.2 Å². The quantitative estimate of drug-likeness (QED) is 0.785. The Bertz CT molecular complexity index is 889. The summed E-state index contributed by atoms with van der Waals surface area (Å²) in [5, 5.41) is 2.58. The largest absolute Gasteiger partial charge is 0.324 e. The van der Waals surface area contributed by atoms with Crippen LogP contribution in [0.3, 0.4) is 0 Å². The molecular formula is C16H15BrF2N2O3S. The Morgan fingerprint density at radius 2 is 1.72 bits per heavy atom. The van der Waals surface area contributed by atoms with E-state index in [4.69, 9.17) is 0 Å². The number of amides is 1. The molecule has 2 aromatic carbocycles. The first-order valence-electron chi connectivity index (χ1n) is 7.10. The monoisotopic (exact) mass is 432 g/mol. The SMILES string of the molecule is C[C@H](C(=O)Nc1ccc(Br)cc1)N(c1ccc(F)c(F)c1)S(C)(=O)=O. The van der Waals surface area contributed by atoms with E-state index in [0.29, 0.717) is 5.69 Å². The Labute approximate surface area is 152 Å². The minimum absolute atomic E-state index is 0.139. The fourth-order valence-electron chi connectivity index (χ4n) is 2.21. The number of sulfonamides is 1. The molecule has 25 heavy (non-hydrogen) atoms. The van der Waals surface area contributed by atoms with Crippen LogP contribution in [0.2, 0.25) is 0 Å². The van der Waals surface area contributed by atoms with Gasteiger partial charge in [-0.3, -0.25) is 9.10 Å². The van der Waals surface area contributed by atoms with Gasteiger partial charge in [-0.05, 0) is 43.3 Å². The number of hydrogen-bond acceptors (Lipinski definition) is 3. The Morgan fingerprint density at radius 3 is 2.24 bits per heavy atom. The van der Waals surface area contributed by atoms with Crippen molar-refractivity contribution < 1.29 is 22.0 Å². The van der Waals surface area contributed by atoms with Crippen LogP contribution >= 0.6 is 15.9 Å². The smallest absolute Gasteiger partial charge is 0.247 e. The van der Waals surface area contributed by atoms with Crippen molar-refractivity contribution in [1.29, 1.82) is 0 Å². The summed E-state index contributed by atoms with van der Waals surface area (Å²) in [4.78, 5) is 12.4. The third-order valence-corrected chi connectivity index (χ3v) is 5.13. The predicted octanol–water partition coefficient (Wildman–Crippen LogP) is 3.52. The number of carbonyl (C=O) groups is 1. The van der Waals surface area contributed by atoms with Crippen molar-refractivity contribution in [3.05, 3.63) is 58.6 Å². The first kappa shape index (κ1) is 19.3. The molecular weight excluding hydrogens is 418 g/mol. The number of carbonyl (C=O) groups excluding carboxylic acids is 1. The van der Waals surface area contributed by atoms with Gasteiger partial charge in [0.15, 0.2) is 11.6 Å². The molecule has 134 valence electrons. The van der Waals surface area contributed by atoms with Crippen LogP contribution in [-0.2, 0) is 14.8 Å². The van der Waals surface area contributed by atoms with E-state index in [1.807, 2.05) is 0 Å². The minimum atomic E-state index is -3.91. The highest BCUT2D eigenvalue weighted by Gasteiger charge is 2.29. The Kier molecular flexibility index (Phi) is 5.79. The third kappa shape index (κ3) is 4.76. The fraction of sp³-hybridized carbons (Fsp3) is 0.188. The second kappa shape index (κ2) is 7.49. The molecule has 0 aromatic heterocycles. The van der Waals surface area contributed by atoms with Crippen molar-refractivity contribution in [2.75, 3.05) is 15.9 Å². The second-order valence-corrected chi connectivity index (χ2v) is 8.10. The van der Waals surface area contributed by atoms with E-state index in [2.05, 4.69) is 21.2 Å². The zero-order valence-corrected chi connectivity index (χ0v) is 15.7. The van der Waals surface area contributed by atoms with Crippen LogP contribution in [0.25, 0.3) is 0 Å². The van der Waals surface area contributed by atoms with Crippen LogP contribution in [0.4, 0.5) is 20.2 Å². The lowest BCUT2D eigenvalue weighted by molar-refractivity contribution is -0.116. The van der Waals surface area contributed by atoms with Gasteiger partial charge in [-0.15, -0.1) is 0 Å². The van der Waals surface area contributed by atoms with E-state index in [9.17, 15) is 22.0 Å². The molecule has 1 atom stereocenters. The molecule has 0 radical (unpaired) electrons. The Hall–Kier alpha value is -2.00. The number of hydrogen-bond donors (Lipinski definition) is 1. The van der Waals surface area contributed by atoms with Gasteiger partial charge in [0.25, 0.3) is 0 Å². The van der Waals surface area contributed by atoms with Gasteiger partial charge in [0.2, 0.25) is 15.9 Å². The average molecular weight is 433 g/mol. The van der Waals surface area contributed by atoms with Crippen LogP contribution in [0, 0.1) is 11.6 Å². The number of nitrogens with one attached hydrogen (secondary N) is 1. The molecule has 0 spiro atoms. The molecule has 0 aliphatic rings. The molecule has 5 nitrogen and oxygen atoms in total. The highest BCUT2D eigenvalue weighted by Crippen LogP contribution is 2.24. The lowest BCUT2D eigenvalue weighted by Crippen LogP contribution is -2.45. The lowest BCUT2D eigenvalue weighted by Gasteiger charge is -2.28. The molecule has 1 amide bonds. The van der Waals surface area contributed by atoms with E-state index < -0.39 is 33.6 Å². The van der Waals surface area contributed by atoms with Crippen LogP contribution in [-0.4, -0.2) is 26.6 Å². The number of halogens is 3. The zero-order chi connectivity index (χ0) is 18.8. The molecule has 0 aliphatic heterocycles. The molecule has 9 heteroatoms. The van der Waals surface area contributed by atoms with Crippen molar-refractivity contribution in [3.8, 4) is 0 Å². The Balaban J connectivity index is 2.32. The van der Waals surface area contributed by atoms with Crippen LogP contribution in [0.5, 0.6) is 0 Å². The number of nitrogens with zero attached hydrogens (tertiary/aromatic N) is 1. The Morgan fingerprint density at radius 1 is 1.12 bits per heavy atom. The van der Waals surface area contributed by atoms with Gasteiger partial charge in [-0.2, -0.15) is 0 Å². The number of anilines is 2. The molecule has 2 rings (SSSR count). The second-order valence-electron chi connectivity index (χ2n) is 5.33. The molecule has 0 aliphatic carbocycles. The first-order chi connectivity index (χ1) is 11.6. The minimum Gasteiger partial charge on any atom is -0.324 e. The summed E-state index contributed by atoms with van der Waals surface area (Å²) >= 11 is 3.27. The zero-order valence-electron chi connectivity index (χ0n) is 13.3. The van der Waals surface area contributed by atoms with E-state index in [1.54, 1.807) is 24.3 Å². The van der Waals surface area contributed by atoms with Gasteiger partial charge in [-0.25, -0.2) is 17.2 Å². The topological polar surface area (TPSA) is 66.5 Å². The molecule has 1 N–H and O–H groups in total. The van der Waals surface area contributed by atoms with E-state index in [1.165, 1.54) is 6.92 Å². The normalized spacial score (nSPS) is 12.5. The van der Waals surface area contributed by atoms with Gasteiger partial charge < -0.3 is 5.32 Å². The molecule has 2 aromatic rings.